The molecule has 0 heterocycles. The van der Waals surface area contributed by atoms with Crippen molar-refractivity contribution in [2.45, 2.75) is 39.5 Å². The average Bonchev–Trinajstić information content (AvgIpc) is 2.50. The summed E-state index contributed by atoms with van der Waals surface area (Å²) in [6.07, 6.45) is 6.52. The van der Waals surface area contributed by atoms with Gasteiger partial charge in [0.25, 0.3) is 0 Å². The second kappa shape index (κ2) is 11.1. The Balaban J connectivity index is 2.57. The minimum Gasteiger partial charge on any atom is -0.368 e. The van der Waals surface area contributed by atoms with E-state index >= 15 is 0 Å². The average molecular weight is 268 g/mol. The van der Waals surface area contributed by atoms with Crippen LogP contribution in [0.25, 0.3) is 6.08 Å². The van der Waals surface area contributed by atoms with Crippen LogP contribution < -0.4 is 0 Å². The summed E-state index contributed by atoms with van der Waals surface area (Å²) in [6.45, 7) is 5.30. The minimum absolute atomic E-state index is 0.528. The van der Waals surface area contributed by atoms with E-state index in [2.05, 4.69) is 42.7 Å². The van der Waals surface area contributed by atoms with E-state index < -0.39 is 0 Å². The Morgan fingerprint density at radius 3 is 2.70 bits per heavy atom. The van der Waals surface area contributed by atoms with Crippen molar-refractivity contribution in [1.82, 2.24) is 0 Å². The number of benzene rings is 1. The number of unbranched alkanes of at least 4 members (excludes halogenated alkanes) is 1. The van der Waals surface area contributed by atoms with Gasteiger partial charge in [0.1, 0.15) is 6.61 Å². The van der Waals surface area contributed by atoms with Crippen molar-refractivity contribution in [3.05, 3.63) is 47.2 Å². The molecule has 0 aliphatic carbocycles. The Morgan fingerprint density at radius 1 is 1.20 bits per heavy atom. The van der Waals surface area contributed by atoms with Crippen LogP contribution in [0.4, 0.5) is 0 Å². The standard InChI is InChI=1S/C19H24O/c1-3-5-10-19(15-17-20-16-6-4-2)14-13-18-11-8-7-9-12-18/h7-9,11-13H,3,5,10,15-17H2,1-2H3. The third kappa shape index (κ3) is 7.64. The highest BCUT2D eigenvalue weighted by atomic mass is 16.5. The molecule has 0 aromatic heterocycles. The van der Waals surface area contributed by atoms with Crippen molar-refractivity contribution in [1.29, 1.82) is 0 Å². The molecule has 0 aliphatic rings. The van der Waals surface area contributed by atoms with Gasteiger partial charge in [0, 0.05) is 0 Å². The molecule has 0 bridgehead atoms. The maximum Gasteiger partial charge on any atom is 0.107 e. The zero-order chi connectivity index (χ0) is 14.5. The summed E-state index contributed by atoms with van der Waals surface area (Å²) in [5.74, 6) is 5.75. The second-order valence-electron chi connectivity index (χ2n) is 4.64. The van der Waals surface area contributed by atoms with Gasteiger partial charge in [-0.2, -0.15) is 0 Å². The smallest absolute Gasteiger partial charge is 0.107 e. The number of rotatable bonds is 8. The maximum atomic E-state index is 5.49. The molecule has 0 saturated heterocycles. The molecule has 0 amide bonds. The van der Waals surface area contributed by atoms with Gasteiger partial charge in [0.15, 0.2) is 0 Å². The molecular weight excluding hydrogens is 244 g/mol. The predicted octanol–water partition coefficient (Wildman–Crippen LogP) is 4.85. The van der Waals surface area contributed by atoms with E-state index in [1.165, 1.54) is 24.0 Å². The Bertz CT molecular complexity index is 481. The highest BCUT2D eigenvalue weighted by Crippen LogP contribution is 2.11. The zero-order valence-electron chi connectivity index (χ0n) is 12.6. The van der Waals surface area contributed by atoms with Gasteiger partial charge in [-0.05, 0) is 43.4 Å². The molecule has 1 heteroatoms. The largest absolute Gasteiger partial charge is 0.368 e. The van der Waals surface area contributed by atoms with E-state index in [1.54, 1.807) is 0 Å². The Hall–Kier alpha value is -1.74. The van der Waals surface area contributed by atoms with Crippen molar-refractivity contribution in [3.8, 4) is 11.8 Å². The molecule has 1 aromatic carbocycles. The van der Waals surface area contributed by atoms with Crippen LogP contribution in [0.2, 0.25) is 0 Å². The molecule has 20 heavy (non-hydrogen) atoms. The van der Waals surface area contributed by atoms with Crippen molar-refractivity contribution in [3.63, 3.8) is 0 Å². The normalized spacial score (nSPS) is 9.30. The highest BCUT2D eigenvalue weighted by molar-refractivity contribution is 5.48. The lowest BCUT2D eigenvalue weighted by Crippen LogP contribution is -1.96. The SMILES string of the molecule is CC#CCOCCC(=C=Cc1ccccc1)CCCC. The van der Waals surface area contributed by atoms with E-state index in [0.717, 1.165) is 19.4 Å². The molecule has 1 rings (SSSR count). The monoisotopic (exact) mass is 268 g/mol. The molecule has 0 radical (unpaired) electrons. The van der Waals surface area contributed by atoms with Crippen LogP contribution in [0.3, 0.4) is 0 Å². The summed E-state index contributed by atoms with van der Waals surface area (Å²) < 4.78 is 5.49. The topological polar surface area (TPSA) is 9.23 Å². The van der Waals surface area contributed by atoms with E-state index in [1.807, 2.05) is 25.1 Å². The number of hydrogen-bond acceptors (Lipinski definition) is 1. The highest BCUT2D eigenvalue weighted by Gasteiger charge is 1.96. The summed E-state index contributed by atoms with van der Waals surface area (Å²) in [5.41, 5.74) is 5.96. The molecule has 0 N–H and O–H groups in total. The fraction of sp³-hybridized carbons (Fsp3) is 0.421. The third-order valence-corrected chi connectivity index (χ3v) is 2.97. The fourth-order valence-electron chi connectivity index (χ4n) is 1.78. The first kappa shape index (κ1) is 16.3. The minimum atomic E-state index is 0.528. The molecule has 0 aliphatic heterocycles. The van der Waals surface area contributed by atoms with E-state index in [4.69, 9.17) is 4.74 Å². The fourth-order valence-corrected chi connectivity index (χ4v) is 1.78. The van der Waals surface area contributed by atoms with Gasteiger partial charge in [-0.15, -0.1) is 11.7 Å². The lowest BCUT2D eigenvalue weighted by molar-refractivity contribution is 0.170. The molecule has 0 spiro atoms. The van der Waals surface area contributed by atoms with E-state index in [9.17, 15) is 0 Å². The first-order valence-electron chi connectivity index (χ1n) is 7.33. The second-order valence-corrected chi connectivity index (χ2v) is 4.64. The van der Waals surface area contributed by atoms with E-state index in [-0.39, 0.29) is 0 Å². The van der Waals surface area contributed by atoms with Gasteiger partial charge in [0.05, 0.1) is 6.61 Å². The van der Waals surface area contributed by atoms with Crippen LogP contribution in [0.15, 0.2) is 41.6 Å². The summed E-state index contributed by atoms with van der Waals surface area (Å²) in [7, 11) is 0. The van der Waals surface area contributed by atoms with Gasteiger partial charge >= 0.3 is 0 Å². The van der Waals surface area contributed by atoms with Gasteiger partial charge in [0.2, 0.25) is 0 Å². The molecule has 0 atom stereocenters. The van der Waals surface area contributed by atoms with Crippen LogP contribution in [-0.2, 0) is 4.74 Å². The van der Waals surface area contributed by atoms with Crippen LogP contribution in [-0.4, -0.2) is 13.2 Å². The molecule has 0 unspecified atom stereocenters. The lowest BCUT2D eigenvalue weighted by Gasteiger charge is -2.04. The van der Waals surface area contributed by atoms with Gasteiger partial charge in [-0.25, -0.2) is 0 Å². The maximum absolute atomic E-state index is 5.49. The molecule has 106 valence electrons. The molecule has 0 saturated carbocycles. The van der Waals surface area contributed by atoms with Crippen molar-refractivity contribution in [2.75, 3.05) is 13.2 Å². The summed E-state index contributed by atoms with van der Waals surface area (Å²) >= 11 is 0. The van der Waals surface area contributed by atoms with Crippen molar-refractivity contribution < 1.29 is 4.74 Å². The van der Waals surface area contributed by atoms with Crippen LogP contribution in [0.1, 0.15) is 45.1 Å². The van der Waals surface area contributed by atoms with Crippen LogP contribution >= 0.6 is 0 Å². The van der Waals surface area contributed by atoms with Crippen LogP contribution in [0, 0.1) is 11.8 Å². The third-order valence-electron chi connectivity index (χ3n) is 2.97. The number of hydrogen-bond donors (Lipinski definition) is 0. The van der Waals surface area contributed by atoms with Crippen molar-refractivity contribution in [2.24, 2.45) is 0 Å². The molecule has 0 fully saturated rings. The Morgan fingerprint density at radius 2 is 2.00 bits per heavy atom. The summed E-state index contributed by atoms with van der Waals surface area (Å²) in [5, 5.41) is 0. The van der Waals surface area contributed by atoms with Crippen molar-refractivity contribution >= 4 is 6.08 Å². The quantitative estimate of drug-likeness (QED) is 0.372. The van der Waals surface area contributed by atoms with Crippen LogP contribution in [0.5, 0.6) is 0 Å². The van der Waals surface area contributed by atoms with Gasteiger partial charge < -0.3 is 4.74 Å². The Labute approximate surface area is 123 Å². The lowest BCUT2D eigenvalue weighted by atomic mass is 10.1. The van der Waals surface area contributed by atoms with Gasteiger partial charge in [-0.3, -0.25) is 0 Å². The molecular formula is C19H24O. The number of ether oxygens (including phenoxy) is 1. The first-order valence-corrected chi connectivity index (χ1v) is 7.33. The van der Waals surface area contributed by atoms with E-state index in [0.29, 0.717) is 6.61 Å². The Kier molecular flexibility index (Phi) is 9.07. The zero-order valence-corrected chi connectivity index (χ0v) is 12.6. The first-order chi connectivity index (χ1) is 9.86. The molecule has 1 nitrogen and oxygen atoms in total. The summed E-state index contributed by atoms with van der Waals surface area (Å²) in [4.78, 5) is 0. The summed E-state index contributed by atoms with van der Waals surface area (Å²) in [6, 6.07) is 10.3. The predicted molar refractivity (Wildman–Crippen MR) is 86.3 cm³/mol. The molecule has 1 aromatic rings. The van der Waals surface area contributed by atoms with Gasteiger partial charge in [-0.1, -0.05) is 49.6 Å².